The van der Waals surface area contributed by atoms with Crippen molar-refractivity contribution in [3.63, 3.8) is 0 Å². The molecule has 0 aliphatic rings. The normalized spacial score (nSPS) is 12.0. The van der Waals surface area contributed by atoms with E-state index in [0.29, 0.717) is 6.54 Å². The van der Waals surface area contributed by atoms with Gasteiger partial charge in [-0.25, -0.2) is 12.8 Å². The van der Waals surface area contributed by atoms with Gasteiger partial charge in [0.05, 0.1) is 10.6 Å². The molecule has 0 aliphatic heterocycles. The second-order valence-corrected chi connectivity index (χ2v) is 11.2. The van der Waals surface area contributed by atoms with Crippen LogP contribution in [0.2, 0.25) is 0 Å². The third-order valence-corrected chi connectivity index (χ3v) is 8.02. The number of amides is 2. The summed E-state index contributed by atoms with van der Waals surface area (Å²) in [6.07, 6.45) is 0.733. The summed E-state index contributed by atoms with van der Waals surface area (Å²) >= 11 is 3.39. The molecule has 7 nitrogen and oxygen atoms in total. The Kier molecular flexibility index (Phi) is 9.82. The summed E-state index contributed by atoms with van der Waals surface area (Å²) in [6.45, 7) is 3.55. The Balaban J connectivity index is 1.98. The van der Waals surface area contributed by atoms with Gasteiger partial charge in [0.15, 0.2) is 0 Å². The summed E-state index contributed by atoms with van der Waals surface area (Å²) in [5, 5.41) is 2.80. The number of halogens is 2. The van der Waals surface area contributed by atoms with Crippen molar-refractivity contribution in [1.29, 1.82) is 0 Å². The molecule has 196 valence electrons. The zero-order chi connectivity index (χ0) is 27.0. The van der Waals surface area contributed by atoms with Gasteiger partial charge in [-0.15, -0.1) is 0 Å². The maximum Gasteiger partial charge on any atom is 0.264 e. The molecule has 1 atom stereocenters. The van der Waals surface area contributed by atoms with E-state index >= 15 is 0 Å². The molecule has 3 rings (SSSR count). The van der Waals surface area contributed by atoms with E-state index in [0.717, 1.165) is 45.0 Å². The first-order chi connectivity index (χ1) is 17.6. The largest absolute Gasteiger partial charge is 0.354 e. The zero-order valence-electron chi connectivity index (χ0n) is 20.6. The average Bonchev–Trinajstić information content (AvgIpc) is 2.90. The van der Waals surface area contributed by atoms with Gasteiger partial charge in [-0.1, -0.05) is 53.2 Å². The van der Waals surface area contributed by atoms with Gasteiger partial charge in [-0.05, 0) is 67.4 Å². The molecule has 3 aromatic carbocycles. The van der Waals surface area contributed by atoms with Crippen LogP contribution in [0.15, 0.2) is 88.2 Å². The molecule has 1 N–H and O–H groups in total. The fraction of sp³-hybridized carbons (Fsp3) is 0.259. The number of anilines is 1. The molecule has 0 radical (unpaired) electrons. The van der Waals surface area contributed by atoms with Crippen molar-refractivity contribution in [3.8, 4) is 0 Å². The lowest BCUT2D eigenvalue weighted by molar-refractivity contribution is -0.139. The van der Waals surface area contributed by atoms with Gasteiger partial charge in [0.2, 0.25) is 11.8 Å². The SMILES string of the molecule is CCCNC(=O)[C@H](C)N(Cc1ccc(Br)cc1)C(=O)CN(c1ccccc1)S(=O)(=O)c1ccc(F)cc1. The molecule has 2 amide bonds. The summed E-state index contributed by atoms with van der Waals surface area (Å²) in [6, 6.07) is 19.1. The molecule has 0 saturated carbocycles. The molecular formula is C27H29BrFN3O4S. The van der Waals surface area contributed by atoms with Crippen LogP contribution in [-0.2, 0) is 26.2 Å². The van der Waals surface area contributed by atoms with E-state index in [-0.39, 0.29) is 23.0 Å². The van der Waals surface area contributed by atoms with Crippen LogP contribution in [0.1, 0.15) is 25.8 Å². The second-order valence-electron chi connectivity index (χ2n) is 8.42. The standard InChI is InChI=1S/C27H29BrFN3O4S/c1-3-17-30-27(34)20(2)31(18-21-9-11-22(28)12-10-21)26(33)19-32(24-7-5-4-6-8-24)37(35,36)25-15-13-23(29)14-16-25/h4-16,20H,3,17-19H2,1-2H3,(H,30,34)/t20-/m0/s1. The van der Waals surface area contributed by atoms with E-state index in [2.05, 4.69) is 21.2 Å². The van der Waals surface area contributed by atoms with E-state index in [9.17, 15) is 22.4 Å². The van der Waals surface area contributed by atoms with Gasteiger partial charge < -0.3 is 10.2 Å². The highest BCUT2D eigenvalue weighted by atomic mass is 79.9. The predicted molar refractivity (Wildman–Crippen MR) is 145 cm³/mol. The van der Waals surface area contributed by atoms with Crippen LogP contribution >= 0.6 is 15.9 Å². The van der Waals surface area contributed by atoms with E-state index in [4.69, 9.17) is 0 Å². The highest BCUT2D eigenvalue weighted by Gasteiger charge is 2.32. The van der Waals surface area contributed by atoms with Crippen molar-refractivity contribution >= 4 is 43.5 Å². The van der Waals surface area contributed by atoms with Gasteiger partial charge in [0.1, 0.15) is 18.4 Å². The van der Waals surface area contributed by atoms with Gasteiger partial charge in [-0.3, -0.25) is 13.9 Å². The number of hydrogen-bond acceptors (Lipinski definition) is 4. The Morgan fingerprint density at radius 2 is 1.59 bits per heavy atom. The van der Waals surface area contributed by atoms with Gasteiger partial charge in [0.25, 0.3) is 10.0 Å². The van der Waals surface area contributed by atoms with Gasteiger partial charge >= 0.3 is 0 Å². The third kappa shape index (κ3) is 7.39. The van der Waals surface area contributed by atoms with Crippen molar-refractivity contribution < 1.29 is 22.4 Å². The van der Waals surface area contributed by atoms with E-state index < -0.39 is 34.3 Å². The predicted octanol–water partition coefficient (Wildman–Crippen LogP) is 4.73. The number of sulfonamides is 1. The van der Waals surface area contributed by atoms with Crippen molar-refractivity contribution in [3.05, 3.63) is 94.7 Å². The minimum atomic E-state index is -4.23. The topological polar surface area (TPSA) is 86.8 Å². The molecule has 0 heterocycles. The van der Waals surface area contributed by atoms with Crippen LogP contribution in [0.25, 0.3) is 0 Å². The first-order valence-electron chi connectivity index (χ1n) is 11.8. The lowest BCUT2D eigenvalue weighted by atomic mass is 10.1. The molecule has 0 unspecified atom stereocenters. The summed E-state index contributed by atoms with van der Waals surface area (Å²) in [5.41, 5.74) is 1.05. The zero-order valence-corrected chi connectivity index (χ0v) is 23.0. The van der Waals surface area contributed by atoms with Crippen molar-refractivity contribution in [2.24, 2.45) is 0 Å². The molecule has 0 saturated heterocycles. The van der Waals surface area contributed by atoms with Crippen LogP contribution in [0.4, 0.5) is 10.1 Å². The van der Waals surface area contributed by atoms with Crippen molar-refractivity contribution in [2.75, 3.05) is 17.4 Å². The number of carbonyl (C=O) groups excluding carboxylic acids is 2. The third-order valence-electron chi connectivity index (χ3n) is 5.71. The van der Waals surface area contributed by atoms with Crippen molar-refractivity contribution in [1.82, 2.24) is 10.2 Å². The summed E-state index contributed by atoms with van der Waals surface area (Å²) < 4.78 is 42.5. The molecular weight excluding hydrogens is 561 g/mol. The number of benzene rings is 3. The minimum Gasteiger partial charge on any atom is -0.354 e. The Hall–Kier alpha value is -3.24. The molecule has 10 heteroatoms. The lowest BCUT2D eigenvalue weighted by Crippen LogP contribution is -2.51. The second kappa shape index (κ2) is 12.8. The average molecular weight is 591 g/mol. The molecule has 0 bridgehead atoms. The molecule has 0 aromatic heterocycles. The van der Waals surface area contributed by atoms with Crippen LogP contribution in [0.3, 0.4) is 0 Å². The van der Waals surface area contributed by atoms with E-state index in [1.54, 1.807) is 37.3 Å². The smallest absolute Gasteiger partial charge is 0.264 e. The fourth-order valence-electron chi connectivity index (χ4n) is 3.62. The Morgan fingerprint density at radius 1 is 0.973 bits per heavy atom. The minimum absolute atomic E-state index is 0.103. The highest BCUT2D eigenvalue weighted by molar-refractivity contribution is 9.10. The van der Waals surface area contributed by atoms with Crippen molar-refractivity contribution in [2.45, 2.75) is 37.8 Å². The first kappa shape index (κ1) is 28.3. The quantitative estimate of drug-likeness (QED) is 0.350. The number of para-hydroxylation sites is 1. The van der Waals surface area contributed by atoms with E-state index in [1.165, 1.54) is 4.90 Å². The Morgan fingerprint density at radius 3 is 2.19 bits per heavy atom. The highest BCUT2D eigenvalue weighted by Crippen LogP contribution is 2.24. The summed E-state index contributed by atoms with van der Waals surface area (Å²) in [5.74, 6) is -1.47. The first-order valence-corrected chi connectivity index (χ1v) is 14.0. The Bertz CT molecular complexity index is 1300. The number of hydrogen-bond donors (Lipinski definition) is 1. The monoisotopic (exact) mass is 589 g/mol. The maximum absolute atomic E-state index is 13.7. The number of rotatable bonds is 11. The Labute approximate surface area is 225 Å². The molecule has 37 heavy (non-hydrogen) atoms. The lowest BCUT2D eigenvalue weighted by Gasteiger charge is -2.32. The van der Waals surface area contributed by atoms with Crippen LogP contribution in [-0.4, -0.2) is 44.3 Å². The number of nitrogens with zero attached hydrogens (tertiary/aromatic N) is 2. The summed E-state index contributed by atoms with van der Waals surface area (Å²) in [7, 11) is -4.23. The number of carbonyl (C=O) groups is 2. The number of nitrogens with one attached hydrogen (secondary N) is 1. The van der Waals surface area contributed by atoms with Crippen LogP contribution < -0.4 is 9.62 Å². The molecule has 0 aliphatic carbocycles. The summed E-state index contributed by atoms with van der Waals surface area (Å²) in [4.78, 5) is 27.8. The molecule has 0 spiro atoms. The van der Waals surface area contributed by atoms with Crippen LogP contribution in [0.5, 0.6) is 0 Å². The molecule has 3 aromatic rings. The van der Waals surface area contributed by atoms with Gasteiger partial charge in [-0.2, -0.15) is 0 Å². The molecule has 0 fully saturated rings. The van der Waals surface area contributed by atoms with Crippen LogP contribution in [0, 0.1) is 5.82 Å². The van der Waals surface area contributed by atoms with E-state index in [1.807, 2.05) is 31.2 Å². The fourth-order valence-corrected chi connectivity index (χ4v) is 5.30. The maximum atomic E-state index is 13.7. The van der Waals surface area contributed by atoms with Gasteiger partial charge in [0, 0.05) is 17.6 Å².